The van der Waals surface area contributed by atoms with Crippen LogP contribution in [0.4, 0.5) is 0 Å². The van der Waals surface area contributed by atoms with Crippen molar-refractivity contribution in [1.29, 1.82) is 0 Å². The van der Waals surface area contributed by atoms with Crippen molar-refractivity contribution in [2.45, 2.75) is 38.5 Å². The second-order valence-corrected chi connectivity index (χ2v) is 4.70. The molecule has 0 bridgehead atoms. The molecule has 1 aromatic heterocycles. The molecule has 4 nitrogen and oxygen atoms in total. The lowest BCUT2D eigenvalue weighted by Crippen LogP contribution is -2.31. The molecule has 1 aromatic rings. The van der Waals surface area contributed by atoms with Gasteiger partial charge < -0.3 is 14.9 Å². The van der Waals surface area contributed by atoms with Gasteiger partial charge in [-0.2, -0.15) is 0 Å². The van der Waals surface area contributed by atoms with E-state index in [0.29, 0.717) is 6.54 Å². The van der Waals surface area contributed by atoms with Crippen LogP contribution in [-0.2, 0) is 11.3 Å². The summed E-state index contributed by atoms with van der Waals surface area (Å²) in [7, 11) is 0. The third kappa shape index (κ3) is 4.15. The highest BCUT2D eigenvalue weighted by Crippen LogP contribution is 2.28. The van der Waals surface area contributed by atoms with E-state index in [1.807, 2.05) is 19.1 Å². The van der Waals surface area contributed by atoms with Crippen LogP contribution in [-0.4, -0.2) is 36.7 Å². The zero-order valence-corrected chi connectivity index (χ0v) is 10.5. The summed E-state index contributed by atoms with van der Waals surface area (Å²) >= 11 is 0. The largest absolute Gasteiger partial charge is 0.468 e. The maximum atomic E-state index is 5.62. The van der Waals surface area contributed by atoms with E-state index in [1.165, 1.54) is 12.8 Å². The van der Waals surface area contributed by atoms with Gasteiger partial charge in [0.25, 0.3) is 0 Å². The Morgan fingerprint density at radius 3 is 3.00 bits per heavy atom. The SMILES string of the molecule is CC(CN)OCCN(Cc1ccco1)C1CC1. The highest BCUT2D eigenvalue weighted by Gasteiger charge is 2.29. The van der Waals surface area contributed by atoms with Gasteiger partial charge in [0.1, 0.15) is 5.76 Å². The van der Waals surface area contributed by atoms with Gasteiger partial charge in [-0.15, -0.1) is 0 Å². The zero-order chi connectivity index (χ0) is 12.1. The van der Waals surface area contributed by atoms with E-state index in [-0.39, 0.29) is 6.10 Å². The fraction of sp³-hybridized carbons (Fsp3) is 0.692. The molecule has 0 aliphatic heterocycles. The molecule has 1 aliphatic rings. The molecular formula is C13H22N2O2. The second kappa shape index (κ2) is 6.19. The van der Waals surface area contributed by atoms with E-state index < -0.39 is 0 Å². The van der Waals surface area contributed by atoms with E-state index in [0.717, 1.165) is 31.5 Å². The molecule has 1 atom stereocenters. The molecule has 1 unspecified atom stereocenters. The zero-order valence-electron chi connectivity index (χ0n) is 10.5. The molecule has 96 valence electrons. The van der Waals surface area contributed by atoms with Gasteiger partial charge in [0.05, 0.1) is 25.5 Å². The number of furan rings is 1. The Morgan fingerprint density at radius 1 is 1.59 bits per heavy atom. The molecule has 0 saturated heterocycles. The van der Waals surface area contributed by atoms with Crippen molar-refractivity contribution < 1.29 is 9.15 Å². The number of hydrogen-bond donors (Lipinski definition) is 1. The Labute approximate surface area is 103 Å². The van der Waals surface area contributed by atoms with Gasteiger partial charge >= 0.3 is 0 Å². The van der Waals surface area contributed by atoms with E-state index in [1.54, 1.807) is 6.26 Å². The highest BCUT2D eigenvalue weighted by molar-refractivity contribution is 4.99. The molecule has 0 amide bonds. The molecule has 1 saturated carbocycles. The van der Waals surface area contributed by atoms with E-state index in [2.05, 4.69) is 4.90 Å². The fourth-order valence-electron chi connectivity index (χ4n) is 1.87. The number of ether oxygens (including phenoxy) is 1. The summed E-state index contributed by atoms with van der Waals surface area (Å²) in [6.45, 7) is 5.18. The standard InChI is InChI=1S/C13H22N2O2/c1-11(9-14)16-8-6-15(12-4-5-12)10-13-3-2-7-17-13/h2-3,7,11-12H,4-6,8-10,14H2,1H3. The number of nitrogens with two attached hydrogens (primary N) is 1. The fourth-order valence-corrected chi connectivity index (χ4v) is 1.87. The minimum Gasteiger partial charge on any atom is -0.468 e. The van der Waals surface area contributed by atoms with Gasteiger partial charge in [0, 0.05) is 19.1 Å². The molecule has 1 fully saturated rings. The Kier molecular flexibility index (Phi) is 4.59. The molecule has 2 rings (SSSR count). The van der Waals surface area contributed by atoms with Gasteiger partial charge in [-0.25, -0.2) is 0 Å². The van der Waals surface area contributed by atoms with Crippen LogP contribution in [0.15, 0.2) is 22.8 Å². The van der Waals surface area contributed by atoms with Crippen molar-refractivity contribution in [2.75, 3.05) is 19.7 Å². The van der Waals surface area contributed by atoms with Gasteiger partial charge in [0.2, 0.25) is 0 Å². The van der Waals surface area contributed by atoms with Crippen LogP contribution >= 0.6 is 0 Å². The topological polar surface area (TPSA) is 51.6 Å². The average Bonchev–Trinajstić information content (AvgIpc) is 3.06. The molecule has 0 spiro atoms. The van der Waals surface area contributed by atoms with Crippen LogP contribution in [0.3, 0.4) is 0 Å². The van der Waals surface area contributed by atoms with Crippen LogP contribution < -0.4 is 5.73 Å². The maximum absolute atomic E-state index is 5.62. The van der Waals surface area contributed by atoms with Crippen LogP contribution in [0.2, 0.25) is 0 Å². The van der Waals surface area contributed by atoms with Gasteiger partial charge in [-0.05, 0) is 31.9 Å². The van der Waals surface area contributed by atoms with Gasteiger partial charge in [-0.3, -0.25) is 4.90 Å². The van der Waals surface area contributed by atoms with Crippen molar-refractivity contribution >= 4 is 0 Å². The number of nitrogens with zero attached hydrogens (tertiary/aromatic N) is 1. The number of hydrogen-bond acceptors (Lipinski definition) is 4. The first kappa shape index (κ1) is 12.6. The van der Waals surface area contributed by atoms with Gasteiger partial charge in [0.15, 0.2) is 0 Å². The third-order valence-corrected chi connectivity index (χ3v) is 3.12. The molecule has 0 aromatic carbocycles. The van der Waals surface area contributed by atoms with Crippen molar-refractivity contribution in [2.24, 2.45) is 5.73 Å². The van der Waals surface area contributed by atoms with Crippen molar-refractivity contribution in [3.63, 3.8) is 0 Å². The van der Waals surface area contributed by atoms with Gasteiger partial charge in [-0.1, -0.05) is 0 Å². The summed E-state index contributed by atoms with van der Waals surface area (Å²) in [6, 6.07) is 4.68. The lowest BCUT2D eigenvalue weighted by atomic mass is 10.3. The third-order valence-electron chi connectivity index (χ3n) is 3.12. The molecule has 2 N–H and O–H groups in total. The van der Waals surface area contributed by atoms with Crippen molar-refractivity contribution in [3.05, 3.63) is 24.2 Å². The Hall–Kier alpha value is -0.840. The summed E-state index contributed by atoms with van der Waals surface area (Å²) < 4.78 is 11.0. The first-order chi connectivity index (χ1) is 8.29. The molecule has 4 heteroatoms. The van der Waals surface area contributed by atoms with E-state index >= 15 is 0 Å². The minimum atomic E-state index is 0.152. The first-order valence-corrected chi connectivity index (χ1v) is 6.37. The molecular weight excluding hydrogens is 216 g/mol. The molecule has 1 aliphatic carbocycles. The Balaban J connectivity index is 1.73. The Bertz CT molecular complexity index is 309. The monoisotopic (exact) mass is 238 g/mol. The first-order valence-electron chi connectivity index (χ1n) is 6.37. The lowest BCUT2D eigenvalue weighted by molar-refractivity contribution is 0.0487. The highest BCUT2D eigenvalue weighted by atomic mass is 16.5. The van der Waals surface area contributed by atoms with Crippen LogP contribution in [0, 0.1) is 0 Å². The quantitative estimate of drug-likeness (QED) is 0.747. The predicted octanol–water partition coefficient (Wildman–Crippen LogP) is 1.61. The molecule has 17 heavy (non-hydrogen) atoms. The normalized spacial score (nSPS) is 17.6. The van der Waals surface area contributed by atoms with Crippen molar-refractivity contribution in [3.8, 4) is 0 Å². The maximum Gasteiger partial charge on any atom is 0.117 e. The number of rotatable bonds is 8. The van der Waals surface area contributed by atoms with Crippen LogP contribution in [0.5, 0.6) is 0 Å². The summed E-state index contributed by atoms with van der Waals surface area (Å²) in [4.78, 5) is 2.43. The smallest absolute Gasteiger partial charge is 0.117 e. The van der Waals surface area contributed by atoms with Crippen LogP contribution in [0.1, 0.15) is 25.5 Å². The second-order valence-electron chi connectivity index (χ2n) is 4.70. The summed E-state index contributed by atoms with van der Waals surface area (Å²) in [5, 5.41) is 0. The lowest BCUT2D eigenvalue weighted by Gasteiger charge is -2.21. The molecule has 1 heterocycles. The van der Waals surface area contributed by atoms with E-state index in [9.17, 15) is 0 Å². The predicted molar refractivity (Wildman–Crippen MR) is 66.6 cm³/mol. The van der Waals surface area contributed by atoms with Crippen molar-refractivity contribution in [1.82, 2.24) is 4.90 Å². The minimum absolute atomic E-state index is 0.152. The summed E-state index contributed by atoms with van der Waals surface area (Å²) in [6.07, 6.45) is 4.48. The summed E-state index contributed by atoms with van der Waals surface area (Å²) in [5.74, 6) is 1.03. The van der Waals surface area contributed by atoms with E-state index in [4.69, 9.17) is 14.9 Å². The summed E-state index contributed by atoms with van der Waals surface area (Å²) in [5.41, 5.74) is 5.52. The average molecular weight is 238 g/mol. The van der Waals surface area contributed by atoms with Crippen LogP contribution in [0.25, 0.3) is 0 Å². The molecule has 0 radical (unpaired) electrons. The Morgan fingerprint density at radius 2 is 2.41 bits per heavy atom.